The van der Waals surface area contributed by atoms with Gasteiger partial charge >= 0.3 is 0 Å². The van der Waals surface area contributed by atoms with E-state index in [2.05, 4.69) is 25.2 Å². The van der Waals surface area contributed by atoms with Crippen LogP contribution in [0.2, 0.25) is 0 Å². The molecule has 2 nitrogen and oxygen atoms in total. The van der Waals surface area contributed by atoms with E-state index < -0.39 is 0 Å². The summed E-state index contributed by atoms with van der Waals surface area (Å²) in [5.41, 5.74) is 0. The topological polar surface area (TPSA) is 35.8 Å². The first kappa shape index (κ1) is 9.45. The molecule has 0 aliphatic rings. The number of hydrogen-bond acceptors (Lipinski definition) is 2. The van der Waals surface area contributed by atoms with E-state index in [1.54, 1.807) is 0 Å². The number of nitrogens with one attached hydrogen (secondary N) is 1. The third kappa shape index (κ3) is 5.58. The molecule has 10 heavy (non-hydrogen) atoms. The summed E-state index contributed by atoms with van der Waals surface area (Å²) < 4.78 is 0. The van der Waals surface area contributed by atoms with Crippen molar-refractivity contribution < 1.29 is 0 Å². The number of nitriles is 1. The minimum Gasteiger partial charge on any atom is -0.304 e. The van der Waals surface area contributed by atoms with Crippen LogP contribution in [0.5, 0.6) is 0 Å². The summed E-state index contributed by atoms with van der Waals surface area (Å²) in [4.78, 5) is 0. The molecule has 0 saturated carbocycles. The van der Waals surface area contributed by atoms with Crippen molar-refractivity contribution >= 4 is 0 Å². The molecular weight excluding hydrogens is 124 g/mol. The predicted octanol–water partition coefficient (Wildman–Crippen LogP) is 1.54. The minimum absolute atomic E-state index is 0.480. The van der Waals surface area contributed by atoms with Crippen molar-refractivity contribution in [2.75, 3.05) is 13.1 Å². The second-order valence-corrected chi connectivity index (χ2v) is 2.68. The summed E-state index contributed by atoms with van der Waals surface area (Å²) in [6.07, 6.45) is 2.48. The molecule has 0 saturated heterocycles. The maximum Gasteiger partial charge on any atom is 0.0841 e. The van der Waals surface area contributed by atoms with E-state index in [1.807, 2.05) is 0 Å². The van der Waals surface area contributed by atoms with Crippen LogP contribution in [0.4, 0.5) is 0 Å². The quantitative estimate of drug-likeness (QED) is 0.464. The fourth-order valence-electron chi connectivity index (χ4n) is 0.969. The Kier molecular flexibility index (Phi) is 6.21. The summed E-state index contributed by atoms with van der Waals surface area (Å²) in [5.74, 6) is 0.707. The smallest absolute Gasteiger partial charge is 0.0841 e. The summed E-state index contributed by atoms with van der Waals surface area (Å²) in [6.45, 7) is 5.84. The van der Waals surface area contributed by atoms with Gasteiger partial charge in [0.05, 0.1) is 12.6 Å². The van der Waals surface area contributed by atoms with Gasteiger partial charge in [0.15, 0.2) is 0 Å². The Labute approximate surface area is 63.2 Å². The zero-order chi connectivity index (χ0) is 7.82. The van der Waals surface area contributed by atoms with Crippen LogP contribution in [0.15, 0.2) is 0 Å². The Morgan fingerprint density at radius 3 is 2.80 bits per heavy atom. The van der Waals surface area contributed by atoms with Crippen molar-refractivity contribution in [3.05, 3.63) is 0 Å². The molecule has 0 spiro atoms. The second-order valence-electron chi connectivity index (χ2n) is 2.68. The highest BCUT2D eigenvalue weighted by atomic mass is 14.8. The van der Waals surface area contributed by atoms with E-state index in [0.717, 1.165) is 6.54 Å². The van der Waals surface area contributed by atoms with Gasteiger partial charge in [-0.05, 0) is 18.9 Å². The molecule has 0 aromatic carbocycles. The molecule has 1 unspecified atom stereocenters. The highest BCUT2D eigenvalue weighted by Gasteiger charge is 1.97. The van der Waals surface area contributed by atoms with Crippen LogP contribution >= 0.6 is 0 Å². The zero-order valence-electron chi connectivity index (χ0n) is 6.85. The summed E-state index contributed by atoms with van der Waals surface area (Å²) in [6, 6.07) is 2.05. The van der Waals surface area contributed by atoms with Gasteiger partial charge in [-0.3, -0.25) is 0 Å². The number of rotatable bonds is 5. The second kappa shape index (κ2) is 6.57. The maximum atomic E-state index is 8.20. The summed E-state index contributed by atoms with van der Waals surface area (Å²) in [5, 5.41) is 11.3. The van der Waals surface area contributed by atoms with Crippen LogP contribution in [0.1, 0.15) is 26.7 Å². The van der Waals surface area contributed by atoms with E-state index >= 15 is 0 Å². The van der Waals surface area contributed by atoms with E-state index in [0.29, 0.717) is 12.5 Å². The van der Waals surface area contributed by atoms with Crippen LogP contribution in [0.3, 0.4) is 0 Å². The molecule has 0 aliphatic carbocycles. The first-order valence-electron chi connectivity index (χ1n) is 3.89. The average Bonchev–Trinajstić information content (AvgIpc) is 1.89. The van der Waals surface area contributed by atoms with Gasteiger partial charge in [-0.2, -0.15) is 5.26 Å². The molecule has 1 N–H and O–H groups in total. The van der Waals surface area contributed by atoms with Crippen LogP contribution < -0.4 is 5.32 Å². The van der Waals surface area contributed by atoms with Crippen molar-refractivity contribution in [1.29, 1.82) is 5.26 Å². The van der Waals surface area contributed by atoms with E-state index in [9.17, 15) is 0 Å². The molecule has 0 rings (SSSR count). The van der Waals surface area contributed by atoms with Crippen LogP contribution in [0.25, 0.3) is 0 Å². The Bertz CT molecular complexity index is 104. The van der Waals surface area contributed by atoms with Crippen LogP contribution in [0, 0.1) is 17.2 Å². The Morgan fingerprint density at radius 2 is 2.30 bits per heavy atom. The summed E-state index contributed by atoms with van der Waals surface area (Å²) >= 11 is 0. The molecule has 0 radical (unpaired) electrons. The molecular formula is C8H16N2. The van der Waals surface area contributed by atoms with Gasteiger partial charge in [0.25, 0.3) is 0 Å². The van der Waals surface area contributed by atoms with Gasteiger partial charge in [0, 0.05) is 0 Å². The first-order chi connectivity index (χ1) is 4.81. The van der Waals surface area contributed by atoms with E-state index in [4.69, 9.17) is 5.26 Å². The van der Waals surface area contributed by atoms with Crippen molar-refractivity contribution in [3.63, 3.8) is 0 Å². The maximum absolute atomic E-state index is 8.20. The van der Waals surface area contributed by atoms with Gasteiger partial charge in [-0.15, -0.1) is 0 Å². The number of nitrogens with zero attached hydrogens (tertiary/aromatic N) is 1. The third-order valence-electron chi connectivity index (χ3n) is 1.48. The van der Waals surface area contributed by atoms with Crippen molar-refractivity contribution in [1.82, 2.24) is 5.32 Å². The van der Waals surface area contributed by atoms with Gasteiger partial charge in [0.2, 0.25) is 0 Å². The van der Waals surface area contributed by atoms with Gasteiger partial charge in [-0.1, -0.05) is 20.3 Å². The lowest BCUT2D eigenvalue weighted by molar-refractivity contribution is 0.490. The zero-order valence-corrected chi connectivity index (χ0v) is 6.85. The van der Waals surface area contributed by atoms with Gasteiger partial charge in [-0.25, -0.2) is 0 Å². The molecule has 0 aromatic rings. The molecule has 0 aliphatic heterocycles. The van der Waals surface area contributed by atoms with Crippen molar-refractivity contribution in [3.8, 4) is 6.07 Å². The largest absolute Gasteiger partial charge is 0.304 e. The van der Waals surface area contributed by atoms with E-state index in [-0.39, 0.29) is 0 Å². The highest BCUT2D eigenvalue weighted by Crippen LogP contribution is 2.01. The van der Waals surface area contributed by atoms with Crippen molar-refractivity contribution in [2.24, 2.45) is 5.92 Å². The van der Waals surface area contributed by atoms with E-state index in [1.165, 1.54) is 12.8 Å². The molecule has 0 aromatic heterocycles. The predicted molar refractivity (Wildman–Crippen MR) is 42.6 cm³/mol. The van der Waals surface area contributed by atoms with Gasteiger partial charge in [0.1, 0.15) is 0 Å². The van der Waals surface area contributed by atoms with Crippen molar-refractivity contribution in [2.45, 2.75) is 26.7 Å². The lowest BCUT2D eigenvalue weighted by Gasteiger charge is -2.08. The monoisotopic (exact) mass is 140 g/mol. The molecule has 58 valence electrons. The van der Waals surface area contributed by atoms with Gasteiger partial charge < -0.3 is 5.32 Å². The van der Waals surface area contributed by atoms with Crippen LogP contribution in [-0.4, -0.2) is 13.1 Å². The fourth-order valence-corrected chi connectivity index (χ4v) is 0.969. The molecule has 0 heterocycles. The summed E-state index contributed by atoms with van der Waals surface area (Å²) in [7, 11) is 0. The molecule has 0 fully saturated rings. The molecule has 0 amide bonds. The minimum atomic E-state index is 0.480. The first-order valence-corrected chi connectivity index (χ1v) is 3.89. The third-order valence-corrected chi connectivity index (χ3v) is 1.48. The normalized spacial score (nSPS) is 12.5. The van der Waals surface area contributed by atoms with Crippen LogP contribution in [-0.2, 0) is 0 Å². The molecule has 1 atom stereocenters. The number of hydrogen-bond donors (Lipinski definition) is 1. The molecule has 2 heteroatoms. The Morgan fingerprint density at radius 1 is 1.60 bits per heavy atom. The standard InChI is InChI=1S/C8H16N2/c1-3-4-8(2)7-10-6-5-9/h8,10H,3-4,6-7H2,1-2H3. The average molecular weight is 140 g/mol. The highest BCUT2D eigenvalue weighted by molar-refractivity contribution is 4.73. The molecule has 0 bridgehead atoms. The lowest BCUT2D eigenvalue weighted by atomic mass is 10.1. The lowest BCUT2D eigenvalue weighted by Crippen LogP contribution is -2.21. The SMILES string of the molecule is CCCC(C)CNCC#N. The Hall–Kier alpha value is -0.550. The fraction of sp³-hybridized carbons (Fsp3) is 0.875. The Balaban J connectivity index is 3.06.